The molecule has 0 aromatic rings. The Labute approximate surface area is 376 Å². The highest BCUT2D eigenvalue weighted by atomic mass is 31.2. The Morgan fingerprint density at radius 1 is 0.500 bits per heavy atom. The van der Waals surface area contributed by atoms with Crippen molar-refractivity contribution < 1.29 is 51.2 Å². The fraction of sp³-hybridized carbons (Fsp3) is 0.830. The molecule has 2 rings (SSSR count). The summed E-state index contributed by atoms with van der Waals surface area (Å²) in [6.07, 6.45) is 44.2. The monoisotopic (exact) mass is 919 g/mol. The van der Waals surface area contributed by atoms with Gasteiger partial charge in [0.15, 0.2) is 5.79 Å². The molecular weight excluding hydrogens is 830 g/mol. The lowest BCUT2D eigenvalue weighted by Gasteiger charge is -2.31. The van der Waals surface area contributed by atoms with Crippen molar-refractivity contribution in [2.45, 2.75) is 211 Å². The first kappa shape index (κ1) is 57.1. The summed E-state index contributed by atoms with van der Waals surface area (Å²) in [4.78, 5) is 20.4. The van der Waals surface area contributed by atoms with E-state index in [-0.39, 0.29) is 39.5 Å². The molecule has 2 aliphatic rings. The maximum absolute atomic E-state index is 12.5. The highest BCUT2D eigenvalue weighted by Gasteiger charge is 2.58. The minimum atomic E-state index is -4.42. The van der Waals surface area contributed by atoms with E-state index in [4.69, 9.17) is 43.8 Å². The van der Waals surface area contributed by atoms with Gasteiger partial charge in [-0.2, -0.15) is 0 Å². The molecule has 0 spiro atoms. The third kappa shape index (κ3) is 27.5. The minimum absolute atomic E-state index is 0.0499. The summed E-state index contributed by atoms with van der Waals surface area (Å²) >= 11 is 0. The van der Waals surface area contributed by atoms with Crippen LogP contribution in [0.3, 0.4) is 0 Å². The van der Waals surface area contributed by atoms with Crippen molar-refractivity contribution in [3.05, 3.63) is 48.6 Å². The highest BCUT2D eigenvalue weighted by Crippen LogP contribution is 2.49. The Kier molecular flexibility index (Phi) is 33.3. The van der Waals surface area contributed by atoms with E-state index in [1.54, 1.807) is 0 Å². The molecule has 2 fully saturated rings. The first-order valence-corrected chi connectivity index (χ1v) is 27.3. The number of ether oxygens (including phenoxy) is 3. The molecule has 0 aromatic carbocycles. The molecule has 6 N–H and O–H groups in total. The first-order chi connectivity index (χ1) is 30.1. The highest BCUT2D eigenvalue weighted by molar-refractivity contribution is 7.47. The van der Waals surface area contributed by atoms with Gasteiger partial charge in [0.2, 0.25) is 0 Å². The van der Waals surface area contributed by atoms with Crippen molar-refractivity contribution in [3.63, 3.8) is 0 Å². The Bertz CT molecular complexity index is 1220. The third-order valence-corrected chi connectivity index (χ3v) is 13.1. The zero-order valence-corrected chi connectivity index (χ0v) is 40.5. The number of rotatable bonds is 42. The topological polar surface area (TPSA) is 191 Å². The summed E-state index contributed by atoms with van der Waals surface area (Å²) < 4.78 is 65.3. The fourth-order valence-corrected chi connectivity index (χ4v) is 9.24. The minimum Gasteiger partial charge on any atom is -0.364 e. The zero-order valence-electron chi connectivity index (χ0n) is 38.7. The average molecular weight is 919 g/mol. The fourth-order valence-electron chi connectivity index (χ4n) is 7.75. The number of allylic oxidation sites excluding steroid dienone is 8. The number of hydrogen-bond acceptors (Lipinski definition) is 11. The predicted molar refractivity (Wildman–Crippen MR) is 251 cm³/mol. The predicted octanol–water partition coefficient (Wildman–Crippen LogP) is 11.8. The second-order valence-electron chi connectivity index (χ2n) is 16.7. The number of phosphoric acid groups is 2. The van der Waals surface area contributed by atoms with E-state index in [2.05, 4.69) is 62.5 Å². The van der Waals surface area contributed by atoms with Crippen molar-refractivity contribution in [1.82, 2.24) is 0 Å². The van der Waals surface area contributed by atoms with Crippen LogP contribution in [0.2, 0.25) is 0 Å². The van der Waals surface area contributed by atoms with Gasteiger partial charge in [-0.15, -0.1) is 0 Å². The Morgan fingerprint density at radius 3 is 1.19 bits per heavy atom. The summed E-state index contributed by atoms with van der Waals surface area (Å²) in [5.41, 5.74) is 10.9. The normalized spacial score (nSPS) is 23.7. The molecule has 0 amide bonds. The number of unbranched alkanes of at least 4 members (excludes halogenated alkanes) is 18. The van der Waals surface area contributed by atoms with E-state index in [0.717, 1.165) is 64.2 Å². The van der Waals surface area contributed by atoms with Gasteiger partial charge in [0.1, 0.15) is 24.4 Å². The molecule has 15 heteroatoms. The van der Waals surface area contributed by atoms with Crippen LogP contribution in [0.25, 0.3) is 0 Å². The third-order valence-electron chi connectivity index (χ3n) is 11.2. The second kappa shape index (κ2) is 36.1. The lowest BCUT2D eigenvalue weighted by Crippen LogP contribution is -2.37. The molecule has 2 heterocycles. The summed E-state index contributed by atoms with van der Waals surface area (Å²) in [5.74, 6) is -0.905. The summed E-state index contributed by atoms with van der Waals surface area (Å²) in [6.45, 7) is 3.61. The van der Waals surface area contributed by atoms with Gasteiger partial charge in [-0.3, -0.25) is 18.1 Å². The van der Waals surface area contributed by atoms with Crippen molar-refractivity contribution >= 4 is 15.6 Å². The molecule has 0 saturated carbocycles. The second-order valence-corrected chi connectivity index (χ2v) is 19.6. The van der Waals surface area contributed by atoms with E-state index >= 15 is 0 Å². The molecule has 2 saturated heterocycles. The summed E-state index contributed by atoms with van der Waals surface area (Å²) in [6, 6.07) is 0. The van der Waals surface area contributed by atoms with Gasteiger partial charge in [0.25, 0.3) is 0 Å². The molecule has 362 valence electrons. The van der Waals surface area contributed by atoms with Gasteiger partial charge in [-0.05, 0) is 77.0 Å². The molecule has 0 bridgehead atoms. The van der Waals surface area contributed by atoms with Crippen LogP contribution < -0.4 is 11.5 Å². The molecule has 2 aliphatic heterocycles. The molecule has 6 atom stereocenters. The van der Waals surface area contributed by atoms with Crippen LogP contribution in [0.4, 0.5) is 0 Å². The first-order valence-electron chi connectivity index (χ1n) is 24.4. The van der Waals surface area contributed by atoms with Gasteiger partial charge in [0.05, 0.1) is 26.4 Å². The van der Waals surface area contributed by atoms with Crippen molar-refractivity contribution in [3.8, 4) is 0 Å². The lowest BCUT2D eigenvalue weighted by molar-refractivity contribution is -0.221. The molecule has 0 aliphatic carbocycles. The average Bonchev–Trinajstić information content (AvgIpc) is 3.78. The quantitative estimate of drug-likeness (QED) is 0.0257. The van der Waals surface area contributed by atoms with Crippen LogP contribution in [-0.2, 0) is 41.4 Å². The number of phosphoric ester groups is 2. The van der Waals surface area contributed by atoms with Gasteiger partial charge in [0, 0.05) is 25.9 Å². The van der Waals surface area contributed by atoms with Crippen LogP contribution in [0.5, 0.6) is 0 Å². The van der Waals surface area contributed by atoms with Crippen molar-refractivity contribution in [2.24, 2.45) is 11.5 Å². The van der Waals surface area contributed by atoms with Crippen molar-refractivity contribution in [1.29, 1.82) is 0 Å². The molecule has 13 nitrogen and oxygen atoms in total. The van der Waals surface area contributed by atoms with Crippen LogP contribution in [0.15, 0.2) is 48.6 Å². The number of nitrogens with two attached hydrogens (primary N) is 2. The van der Waals surface area contributed by atoms with Gasteiger partial charge >= 0.3 is 15.6 Å². The van der Waals surface area contributed by atoms with Crippen LogP contribution in [0.1, 0.15) is 181 Å². The smallest absolute Gasteiger partial charge is 0.364 e. The van der Waals surface area contributed by atoms with Gasteiger partial charge < -0.3 is 35.5 Å². The van der Waals surface area contributed by atoms with Crippen molar-refractivity contribution in [2.75, 3.05) is 39.5 Å². The zero-order chi connectivity index (χ0) is 45.0. The van der Waals surface area contributed by atoms with E-state index in [1.807, 2.05) is 0 Å². The van der Waals surface area contributed by atoms with Gasteiger partial charge in [-0.25, -0.2) is 9.13 Å². The van der Waals surface area contributed by atoms with Gasteiger partial charge in [-0.1, -0.05) is 140 Å². The molecular formula is C47H88N2O11P2. The number of hydrogen-bond donors (Lipinski definition) is 4. The van der Waals surface area contributed by atoms with E-state index in [1.165, 1.54) is 89.9 Å². The standard InChI is InChI=1S/C47H88N2O11P2/c1-3-5-7-9-11-13-15-17-19-21-23-25-27-29-31-33-35-47(36-34-32-30-28-26-24-22-20-18-16-14-12-10-8-6-4-2)59-45-43(41-56-61(50,51)54-39-37-48)58-44(46(45)60-47)42-57-62(52,53)55-40-38-49/h11-14,17-20,43-46H,3-10,15-16,21-42,48-49H2,1-2H3,(H,50,51)(H,52,53). The van der Waals surface area contributed by atoms with E-state index in [9.17, 15) is 18.9 Å². The lowest BCUT2D eigenvalue weighted by atomic mass is 9.98. The maximum Gasteiger partial charge on any atom is 0.472 e. The molecule has 0 aromatic heterocycles. The Hall–Kier alpha value is -1.02. The molecule has 62 heavy (non-hydrogen) atoms. The number of fused-ring (bicyclic) bond motifs is 1. The van der Waals surface area contributed by atoms with E-state index < -0.39 is 45.8 Å². The maximum atomic E-state index is 12.5. The van der Waals surface area contributed by atoms with Crippen LogP contribution in [-0.4, -0.2) is 79.5 Å². The SMILES string of the molecule is CCCCCC=CCC=CCCCCCCCCC1(CCCCCCCCC=CCC=CCCCCC)OC2C(COP(=O)(O)OCCN)OC(COP(=O)(O)OCCN)C2O1. The van der Waals surface area contributed by atoms with Crippen LogP contribution >= 0.6 is 15.6 Å². The summed E-state index contributed by atoms with van der Waals surface area (Å²) in [5, 5.41) is 0. The Balaban J connectivity index is 1.95. The largest absolute Gasteiger partial charge is 0.472 e. The molecule has 6 unspecified atom stereocenters. The Morgan fingerprint density at radius 2 is 0.839 bits per heavy atom. The van der Waals surface area contributed by atoms with Crippen LogP contribution in [0, 0.1) is 0 Å². The molecule has 0 radical (unpaired) electrons. The van der Waals surface area contributed by atoms with E-state index in [0.29, 0.717) is 12.8 Å². The summed E-state index contributed by atoms with van der Waals surface area (Å²) in [7, 11) is -8.83.